The lowest BCUT2D eigenvalue weighted by atomic mass is 10.2. The Kier molecular flexibility index (Phi) is 6.84. The van der Waals surface area contributed by atoms with E-state index >= 15 is 0 Å². The van der Waals surface area contributed by atoms with Crippen LogP contribution in [0.3, 0.4) is 0 Å². The fourth-order valence-corrected chi connectivity index (χ4v) is 2.06. The third-order valence-electron chi connectivity index (χ3n) is 3.77. The summed E-state index contributed by atoms with van der Waals surface area (Å²) in [6, 6.07) is 0.199. The van der Waals surface area contributed by atoms with Gasteiger partial charge in [-0.15, -0.1) is 0 Å². The van der Waals surface area contributed by atoms with Crippen molar-refractivity contribution in [1.82, 2.24) is 20.0 Å². The van der Waals surface area contributed by atoms with Crippen molar-refractivity contribution in [3.8, 4) is 0 Å². The highest BCUT2D eigenvalue weighted by atomic mass is 16.5. The Labute approximate surface area is 127 Å². The van der Waals surface area contributed by atoms with E-state index in [1.165, 1.54) is 0 Å². The number of ether oxygens (including phenoxy) is 1. The number of amides is 1. The molecule has 1 rings (SSSR count). The number of nitrogens with one attached hydrogen (secondary N) is 1. The first-order valence-corrected chi connectivity index (χ1v) is 7.36. The molecule has 6 heteroatoms. The lowest BCUT2D eigenvalue weighted by Gasteiger charge is -2.21. The van der Waals surface area contributed by atoms with Gasteiger partial charge < -0.3 is 15.0 Å². The molecular formula is C15H28N4O2. The molecule has 1 aromatic heterocycles. The molecular weight excluding hydrogens is 268 g/mol. The Hall–Kier alpha value is -1.40. The monoisotopic (exact) mass is 296 g/mol. The molecule has 0 atom stereocenters. The van der Waals surface area contributed by atoms with E-state index in [2.05, 4.69) is 10.4 Å². The molecule has 0 aliphatic heterocycles. The van der Waals surface area contributed by atoms with Gasteiger partial charge in [0, 0.05) is 44.5 Å². The maximum Gasteiger partial charge on any atom is 0.244 e. The van der Waals surface area contributed by atoms with E-state index in [0.717, 1.165) is 30.0 Å². The molecule has 120 valence electrons. The van der Waals surface area contributed by atoms with Crippen LogP contribution in [0.1, 0.15) is 30.8 Å². The van der Waals surface area contributed by atoms with Gasteiger partial charge in [-0.3, -0.25) is 9.48 Å². The van der Waals surface area contributed by atoms with Gasteiger partial charge in [0.05, 0.1) is 12.3 Å². The molecule has 0 saturated carbocycles. The van der Waals surface area contributed by atoms with Crippen LogP contribution >= 0.6 is 0 Å². The van der Waals surface area contributed by atoms with Crippen LogP contribution in [-0.4, -0.2) is 53.9 Å². The molecule has 0 radical (unpaired) electrons. The fraction of sp³-hybridized carbons (Fsp3) is 0.733. The molecule has 21 heavy (non-hydrogen) atoms. The summed E-state index contributed by atoms with van der Waals surface area (Å²) in [5.41, 5.74) is 3.17. The van der Waals surface area contributed by atoms with E-state index in [0.29, 0.717) is 13.2 Å². The third-order valence-corrected chi connectivity index (χ3v) is 3.77. The number of methoxy groups -OCH3 is 1. The molecule has 0 fully saturated rings. The number of nitrogens with zero attached hydrogens (tertiary/aromatic N) is 3. The van der Waals surface area contributed by atoms with E-state index in [9.17, 15) is 4.79 Å². The van der Waals surface area contributed by atoms with Crippen LogP contribution in [0.4, 0.5) is 0 Å². The van der Waals surface area contributed by atoms with Crippen LogP contribution < -0.4 is 5.32 Å². The first-order chi connectivity index (χ1) is 9.88. The summed E-state index contributed by atoms with van der Waals surface area (Å²) in [7, 11) is 3.51. The quantitative estimate of drug-likeness (QED) is 0.730. The first-order valence-electron chi connectivity index (χ1n) is 7.36. The van der Waals surface area contributed by atoms with Gasteiger partial charge in [0.25, 0.3) is 0 Å². The van der Waals surface area contributed by atoms with Gasteiger partial charge in [-0.2, -0.15) is 5.10 Å². The normalized spacial score (nSPS) is 11.2. The number of carbonyl (C=O) groups excluding carboxylic acids is 1. The van der Waals surface area contributed by atoms with Gasteiger partial charge in [-0.05, 0) is 27.7 Å². The minimum Gasteiger partial charge on any atom is -0.383 e. The second-order valence-corrected chi connectivity index (χ2v) is 5.57. The Morgan fingerprint density at radius 3 is 2.67 bits per heavy atom. The number of carbonyl (C=O) groups is 1. The molecule has 0 aliphatic rings. The van der Waals surface area contributed by atoms with Crippen LogP contribution in [0.15, 0.2) is 0 Å². The third kappa shape index (κ3) is 4.82. The van der Waals surface area contributed by atoms with Crippen LogP contribution in [0, 0.1) is 13.8 Å². The summed E-state index contributed by atoms with van der Waals surface area (Å²) in [5.74, 6) is 0.0782. The van der Waals surface area contributed by atoms with Gasteiger partial charge in [0.15, 0.2) is 0 Å². The molecule has 0 unspecified atom stereocenters. The van der Waals surface area contributed by atoms with Crippen LogP contribution in [0.5, 0.6) is 0 Å². The second-order valence-electron chi connectivity index (χ2n) is 5.57. The van der Waals surface area contributed by atoms with Crippen molar-refractivity contribution >= 4 is 5.91 Å². The average Bonchev–Trinajstić information content (AvgIpc) is 2.69. The van der Waals surface area contributed by atoms with E-state index in [1.807, 2.05) is 34.7 Å². The zero-order valence-corrected chi connectivity index (χ0v) is 14.1. The van der Waals surface area contributed by atoms with Crippen molar-refractivity contribution in [3.63, 3.8) is 0 Å². The van der Waals surface area contributed by atoms with Crippen LogP contribution in [0.2, 0.25) is 0 Å². The number of hydrogen-bond donors (Lipinski definition) is 1. The highest BCUT2D eigenvalue weighted by molar-refractivity contribution is 5.76. The molecule has 0 aromatic carbocycles. The Morgan fingerprint density at radius 1 is 1.43 bits per heavy atom. The molecule has 0 spiro atoms. The largest absolute Gasteiger partial charge is 0.383 e. The first kappa shape index (κ1) is 17.7. The predicted molar refractivity (Wildman–Crippen MR) is 83.2 cm³/mol. The Bertz CT molecular complexity index is 468. The SMILES string of the molecule is COCCNCc1c(C)nn(CC(=O)N(C)C(C)C)c1C. The lowest BCUT2D eigenvalue weighted by Crippen LogP contribution is -2.36. The standard InChI is InChI=1S/C15H28N4O2/c1-11(2)18(5)15(20)10-19-13(4)14(12(3)17-19)9-16-7-8-21-6/h11,16H,7-10H2,1-6H3. The molecule has 0 bridgehead atoms. The molecule has 0 saturated heterocycles. The highest BCUT2D eigenvalue weighted by Crippen LogP contribution is 2.13. The number of likely N-dealkylation sites (N-methyl/N-ethyl adjacent to an activating group) is 1. The number of aryl methyl sites for hydroxylation is 1. The van der Waals surface area contributed by atoms with Crippen LogP contribution in [-0.2, 0) is 22.6 Å². The molecule has 1 aromatic rings. The van der Waals surface area contributed by atoms with Gasteiger partial charge in [0.1, 0.15) is 6.54 Å². The summed E-state index contributed by atoms with van der Waals surface area (Å²) < 4.78 is 6.81. The maximum atomic E-state index is 12.2. The molecule has 6 nitrogen and oxygen atoms in total. The van der Waals surface area contributed by atoms with Crippen molar-refractivity contribution in [1.29, 1.82) is 0 Å². The van der Waals surface area contributed by atoms with E-state index in [1.54, 1.807) is 16.7 Å². The van der Waals surface area contributed by atoms with Crippen molar-refractivity contribution < 1.29 is 9.53 Å². The number of hydrogen-bond acceptors (Lipinski definition) is 4. The van der Waals surface area contributed by atoms with E-state index in [-0.39, 0.29) is 11.9 Å². The van der Waals surface area contributed by atoms with Gasteiger partial charge in [-0.25, -0.2) is 0 Å². The summed E-state index contributed by atoms with van der Waals surface area (Å²) in [6.07, 6.45) is 0. The minimum atomic E-state index is 0.0782. The van der Waals surface area contributed by atoms with Crippen molar-refractivity contribution in [2.45, 2.75) is 46.8 Å². The number of rotatable bonds is 8. The van der Waals surface area contributed by atoms with Crippen molar-refractivity contribution in [2.75, 3.05) is 27.3 Å². The molecule has 1 N–H and O–H groups in total. The summed E-state index contributed by atoms with van der Waals surface area (Å²) in [6.45, 7) is 10.5. The average molecular weight is 296 g/mol. The summed E-state index contributed by atoms with van der Waals surface area (Å²) in [5, 5.41) is 7.81. The Balaban J connectivity index is 2.71. The Morgan fingerprint density at radius 2 is 2.10 bits per heavy atom. The minimum absolute atomic E-state index is 0.0782. The predicted octanol–water partition coefficient (Wildman–Crippen LogP) is 1.10. The highest BCUT2D eigenvalue weighted by Gasteiger charge is 2.17. The van der Waals surface area contributed by atoms with Crippen molar-refractivity contribution in [3.05, 3.63) is 17.0 Å². The molecule has 1 amide bonds. The van der Waals surface area contributed by atoms with Gasteiger partial charge >= 0.3 is 0 Å². The van der Waals surface area contributed by atoms with E-state index < -0.39 is 0 Å². The van der Waals surface area contributed by atoms with Crippen molar-refractivity contribution in [2.24, 2.45) is 0 Å². The zero-order valence-electron chi connectivity index (χ0n) is 14.1. The van der Waals surface area contributed by atoms with E-state index in [4.69, 9.17) is 4.74 Å². The van der Waals surface area contributed by atoms with Gasteiger partial charge in [-0.1, -0.05) is 0 Å². The summed E-state index contributed by atoms with van der Waals surface area (Å²) in [4.78, 5) is 13.9. The summed E-state index contributed by atoms with van der Waals surface area (Å²) >= 11 is 0. The van der Waals surface area contributed by atoms with Gasteiger partial charge in [0.2, 0.25) is 5.91 Å². The lowest BCUT2D eigenvalue weighted by molar-refractivity contribution is -0.132. The molecule has 1 heterocycles. The van der Waals surface area contributed by atoms with Crippen LogP contribution in [0.25, 0.3) is 0 Å². The topological polar surface area (TPSA) is 59.4 Å². The maximum absolute atomic E-state index is 12.2. The number of aromatic nitrogens is 2. The fourth-order valence-electron chi connectivity index (χ4n) is 2.06. The molecule has 0 aliphatic carbocycles. The zero-order chi connectivity index (χ0) is 16.0. The second kappa shape index (κ2) is 8.14. The smallest absolute Gasteiger partial charge is 0.244 e.